The Morgan fingerprint density at radius 3 is 2.76 bits per heavy atom. The van der Waals surface area contributed by atoms with Crippen molar-refractivity contribution in [1.29, 1.82) is 0 Å². The minimum atomic E-state index is -1.07. The molecule has 0 aliphatic heterocycles. The quantitative estimate of drug-likeness (QED) is 0.873. The molecule has 2 N–H and O–H groups in total. The molecule has 0 atom stereocenters. The molecule has 2 aromatic rings. The van der Waals surface area contributed by atoms with Crippen LogP contribution in [0.3, 0.4) is 0 Å². The number of hydrogen-bond acceptors (Lipinski definition) is 5. The van der Waals surface area contributed by atoms with Crippen LogP contribution in [0.15, 0.2) is 28.7 Å². The summed E-state index contributed by atoms with van der Waals surface area (Å²) in [7, 11) is 0. The fraction of sp³-hybridized carbons (Fsp3) is 0.214. The van der Waals surface area contributed by atoms with E-state index < -0.39 is 18.5 Å². The molecule has 0 fully saturated rings. The smallest absolute Gasteiger partial charge is 0.341 e. The number of anilines is 1. The van der Waals surface area contributed by atoms with Gasteiger partial charge in [-0.3, -0.25) is 4.79 Å². The Kier molecular flexibility index (Phi) is 4.22. The number of oxazole rings is 1. The molecule has 0 radical (unpaired) electrons. The Morgan fingerprint density at radius 2 is 2.14 bits per heavy atom. The lowest BCUT2D eigenvalue weighted by Gasteiger charge is -2.07. The topological polar surface area (TPSA) is 102 Å². The zero-order valence-electron chi connectivity index (χ0n) is 11.5. The Hall–Kier alpha value is -2.83. The van der Waals surface area contributed by atoms with Gasteiger partial charge in [-0.1, -0.05) is 6.07 Å². The number of nitrogens with zero attached hydrogens (tertiary/aromatic N) is 1. The standard InChI is InChI=1S/C14H14N2O5/c1-8-13(21-9(2)15-8)14(19)16-10-4-3-5-11(6-10)20-7-12(17)18/h3-6H,7H2,1-2H3,(H,16,19)(H,17,18). The Morgan fingerprint density at radius 1 is 1.38 bits per heavy atom. The van der Waals surface area contributed by atoms with E-state index in [1.165, 1.54) is 6.07 Å². The van der Waals surface area contributed by atoms with Gasteiger partial charge in [-0.2, -0.15) is 0 Å². The Bertz CT molecular complexity index is 678. The molecule has 2 rings (SSSR count). The first kappa shape index (κ1) is 14.6. The Balaban J connectivity index is 2.09. The third-order valence-corrected chi connectivity index (χ3v) is 2.56. The summed E-state index contributed by atoms with van der Waals surface area (Å²) in [5.74, 6) is -0.595. The maximum absolute atomic E-state index is 12.0. The highest BCUT2D eigenvalue weighted by Gasteiger charge is 2.16. The van der Waals surface area contributed by atoms with Crippen molar-refractivity contribution in [2.75, 3.05) is 11.9 Å². The van der Waals surface area contributed by atoms with Gasteiger partial charge in [0.05, 0.1) is 5.69 Å². The second-order valence-corrected chi connectivity index (χ2v) is 4.31. The number of rotatable bonds is 5. The van der Waals surface area contributed by atoms with Gasteiger partial charge in [-0.25, -0.2) is 9.78 Å². The minimum Gasteiger partial charge on any atom is -0.482 e. The van der Waals surface area contributed by atoms with E-state index in [2.05, 4.69) is 10.3 Å². The number of benzene rings is 1. The fourth-order valence-electron chi connectivity index (χ4n) is 1.74. The van der Waals surface area contributed by atoms with Crippen LogP contribution in [-0.2, 0) is 4.79 Å². The van der Waals surface area contributed by atoms with Crippen LogP contribution >= 0.6 is 0 Å². The number of carbonyl (C=O) groups is 2. The molecule has 0 unspecified atom stereocenters. The van der Waals surface area contributed by atoms with Crippen LogP contribution in [0.2, 0.25) is 0 Å². The van der Waals surface area contributed by atoms with Gasteiger partial charge >= 0.3 is 5.97 Å². The van der Waals surface area contributed by atoms with E-state index >= 15 is 0 Å². The zero-order chi connectivity index (χ0) is 15.4. The van der Waals surface area contributed by atoms with E-state index in [9.17, 15) is 9.59 Å². The minimum absolute atomic E-state index is 0.143. The van der Waals surface area contributed by atoms with Gasteiger partial charge in [0.15, 0.2) is 12.5 Å². The lowest BCUT2D eigenvalue weighted by atomic mass is 10.3. The van der Waals surface area contributed by atoms with Gasteiger partial charge < -0.3 is 19.6 Å². The number of aryl methyl sites for hydroxylation is 2. The van der Waals surface area contributed by atoms with Gasteiger partial charge in [0.2, 0.25) is 5.76 Å². The summed E-state index contributed by atoms with van der Waals surface area (Å²) in [4.78, 5) is 26.5. The van der Waals surface area contributed by atoms with Gasteiger partial charge in [0, 0.05) is 18.7 Å². The van der Waals surface area contributed by atoms with Crippen molar-refractivity contribution in [3.05, 3.63) is 41.6 Å². The lowest BCUT2D eigenvalue weighted by molar-refractivity contribution is -0.139. The third-order valence-electron chi connectivity index (χ3n) is 2.56. The van der Waals surface area contributed by atoms with Gasteiger partial charge in [0.25, 0.3) is 5.91 Å². The van der Waals surface area contributed by atoms with E-state index in [1.54, 1.807) is 32.0 Å². The molecule has 0 saturated heterocycles. The van der Waals surface area contributed by atoms with Crippen LogP contribution in [0.1, 0.15) is 22.1 Å². The number of amides is 1. The predicted octanol–water partition coefficient (Wildman–Crippen LogP) is 2.01. The molecule has 1 heterocycles. The van der Waals surface area contributed by atoms with E-state index in [1.807, 2.05) is 0 Å². The maximum Gasteiger partial charge on any atom is 0.341 e. The number of aliphatic carboxylic acids is 1. The van der Waals surface area contributed by atoms with E-state index in [4.69, 9.17) is 14.3 Å². The SMILES string of the molecule is Cc1nc(C)c(C(=O)Nc2cccc(OCC(=O)O)c2)o1. The maximum atomic E-state index is 12.0. The molecule has 0 saturated carbocycles. The molecule has 110 valence electrons. The monoisotopic (exact) mass is 290 g/mol. The number of carbonyl (C=O) groups excluding carboxylic acids is 1. The predicted molar refractivity (Wildman–Crippen MR) is 73.5 cm³/mol. The van der Waals surface area contributed by atoms with E-state index in [0.29, 0.717) is 23.0 Å². The number of carboxylic acids is 1. The summed E-state index contributed by atoms with van der Waals surface area (Å²) in [6, 6.07) is 6.43. The number of ether oxygens (including phenoxy) is 1. The molecule has 0 spiro atoms. The first-order valence-corrected chi connectivity index (χ1v) is 6.16. The van der Waals surface area contributed by atoms with Crippen LogP contribution in [0, 0.1) is 13.8 Å². The van der Waals surface area contributed by atoms with E-state index in [0.717, 1.165) is 0 Å². The van der Waals surface area contributed by atoms with Crippen molar-refractivity contribution < 1.29 is 23.8 Å². The molecular weight excluding hydrogens is 276 g/mol. The molecule has 7 nitrogen and oxygen atoms in total. The highest BCUT2D eigenvalue weighted by molar-refractivity contribution is 6.03. The summed E-state index contributed by atoms with van der Waals surface area (Å²) < 4.78 is 10.3. The van der Waals surface area contributed by atoms with E-state index in [-0.39, 0.29) is 5.76 Å². The van der Waals surface area contributed by atoms with Crippen molar-refractivity contribution in [3.8, 4) is 5.75 Å². The summed E-state index contributed by atoms with van der Waals surface area (Å²) in [5, 5.41) is 11.2. The first-order chi connectivity index (χ1) is 9.95. The normalized spacial score (nSPS) is 10.2. The molecule has 21 heavy (non-hydrogen) atoms. The summed E-state index contributed by atoms with van der Waals surface area (Å²) >= 11 is 0. The van der Waals surface area contributed by atoms with Gasteiger partial charge in [0.1, 0.15) is 5.75 Å². The number of carboxylic acid groups (broad SMARTS) is 1. The molecule has 1 aromatic heterocycles. The number of aromatic nitrogens is 1. The Labute approximate surface area is 120 Å². The van der Waals surface area contributed by atoms with Gasteiger partial charge in [-0.05, 0) is 19.1 Å². The van der Waals surface area contributed by atoms with Crippen molar-refractivity contribution in [3.63, 3.8) is 0 Å². The molecular formula is C14H14N2O5. The number of nitrogens with one attached hydrogen (secondary N) is 1. The first-order valence-electron chi connectivity index (χ1n) is 6.16. The lowest BCUT2D eigenvalue weighted by Crippen LogP contribution is -2.13. The highest BCUT2D eigenvalue weighted by atomic mass is 16.5. The molecule has 0 bridgehead atoms. The summed E-state index contributed by atoms with van der Waals surface area (Å²) in [6.07, 6.45) is 0. The summed E-state index contributed by atoms with van der Waals surface area (Å²) in [6.45, 7) is 2.89. The molecule has 0 aliphatic rings. The number of hydrogen-bond donors (Lipinski definition) is 2. The summed E-state index contributed by atoms with van der Waals surface area (Å²) in [5.41, 5.74) is 0.972. The highest BCUT2D eigenvalue weighted by Crippen LogP contribution is 2.19. The zero-order valence-corrected chi connectivity index (χ0v) is 11.5. The third kappa shape index (κ3) is 3.82. The van der Waals surface area contributed by atoms with Crippen LogP contribution in [0.25, 0.3) is 0 Å². The van der Waals surface area contributed by atoms with Crippen LogP contribution in [-0.4, -0.2) is 28.6 Å². The van der Waals surface area contributed by atoms with Crippen LogP contribution < -0.4 is 10.1 Å². The van der Waals surface area contributed by atoms with Gasteiger partial charge in [-0.15, -0.1) is 0 Å². The average molecular weight is 290 g/mol. The van der Waals surface area contributed by atoms with Crippen LogP contribution in [0.5, 0.6) is 5.75 Å². The van der Waals surface area contributed by atoms with Crippen molar-refractivity contribution >= 4 is 17.6 Å². The molecule has 7 heteroatoms. The largest absolute Gasteiger partial charge is 0.482 e. The van der Waals surface area contributed by atoms with Crippen molar-refractivity contribution in [2.45, 2.75) is 13.8 Å². The fourth-order valence-corrected chi connectivity index (χ4v) is 1.74. The van der Waals surface area contributed by atoms with Crippen LogP contribution in [0.4, 0.5) is 5.69 Å². The molecule has 1 amide bonds. The molecule has 0 aliphatic carbocycles. The molecule has 1 aromatic carbocycles. The van der Waals surface area contributed by atoms with Crippen molar-refractivity contribution in [2.24, 2.45) is 0 Å². The second-order valence-electron chi connectivity index (χ2n) is 4.31. The average Bonchev–Trinajstić information content (AvgIpc) is 2.76. The van der Waals surface area contributed by atoms with Crippen molar-refractivity contribution in [1.82, 2.24) is 4.98 Å². The second kappa shape index (κ2) is 6.08.